The number of aromatic nitrogens is 2. The summed E-state index contributed by atoms with van der Waals surface area (Å²) in [5.41, 5.74) is -0.119. The number of alkyl halides is 2. The molecule has 2 saturated heterocycles. The van der Waals surface area contributed by atoms with Crippen LogP contribution >= 0.6 is 24.8 Å². The van der Waals surface area contributed by atoms with Gasteiger partial charge in [0.05, 0.1) is 5.56 Å². The fourth-order valence-corrected chi connectivity index (χ4v) is 2.57. The molecule has 0 spiro atoms. The molecule has 2 atom stereocenters. The minimum Gasteiger partial charge on any atom is -0.338 e. The predicted molar refractivity (Wildman–Crippen MR) is 73.6 cm³/mol. The first-order chi connectivity index (χ1) is 8.22. The van der Waals surface area contributed by atoms with Crippen LogP contribution in [0.5, 0.6) is 0 Å². The standard InChI is InChI=1S/C11H14F2N4.2ClH/c12-10(13)7-3-14-11(15-4-7)17-5-8-1-2-9(6-17)16-8;;/h3-4,8-10,16H,1-2,5-6H2;2*1H. The smallest absolute Gasteiger partial charge is 0.266 e. The summed E-state index contributed by atoms with van der Waals surface area (Å²) >= 11 is 0. The highest BCUT2D eigenvalue weighted by atomic mass is 35.5. The van der Waals surface area contributed by atoms with Gasteiger partial charge in [0.15, 0.2) is 0 Å². The normalized spacial score (nSPS) is 24.9. The molecule has 0 radical (unpaired) electrons. The van der Waals surface area contributed by atoms with E-state index in [4.69, 9.17) is 0 Å². The van der Waals surface area contributed by atoms with Crippen LogP contribution in [-0.4, -0.2) is 35.1 Å². The van der Waals surface area contributed by atoms with Gasteiger partial charge in [-0.25, -0.2) is 18.7 Å². The molecule has 0 aromatic carbocycles. The summed E-state index contributed by atoms with van der Waals surface area (Å²) in [6, 6.07) is 0.985. The molecule has 108 valence electrons. The summed E-state index contributed by atoms with van der Waals surface area (Å²) in [5.74, 6) is 0.563. The van der Waals surface area contributed by atoms with Crippen LogP contribution in [0, 0.1) is 0 Å². The molecule has 0 aliphatic carbocycles. The highest BCUT2D eigenvalue weighted by molar-refractivity contribution is 5.85. The molecule has 2 aliphatic rings. The largest absolute Gasteiger partial charge is 0.338 e. The average Bonchev–Trinajstić information content (AvgIpc) is 2.68. The Morgan fingerprint density at radius 2 is 1.63 bits per heavy atom. The van der Waals surface area contributed by atoms with Crippen molar-refractivity contribution in [1.29, 1.82) is 0 Å². The fourth-order valence-electron chi connectivity index (χ4n) is 2.57. The maximum atomic E-state index is 12.4. The van der Waals surface area contributed by atoms with Crippen LogP contribution in [-0.2, 0) is 0 Å². The Kier molecular flexibility index (Phi) is 5.70. The number of nitrogens with zero attached hydrogens (tertiary/aromatic N) is 3. The number of hydrogen-bond acceptors (Lipinski definition) is 4. The van der Waals surface area contributed by atoms with E-state index in [0.717, 1.165) is 13.1 Å². The van der Waals surface area contributed by atoms with Crippen LogP contribution in [0.3, 0.4) is 0 Å². The molecule has 8 heteroatoms. The van der Waals surface area contributed by atoms with E-state index in [0.29, 0.717) is 18.0 Å². The molecule has 2 bridgehead atoms. The van der Waals surface area contributed by atoms with Crippen LogP contribution in [0.1, 0.15) is 24.8 Å². The second-order valence-electron chi connectivity index (χ2n) is 4.66. The van der Waals surface area contributed by atoms with Gasteiger partial charge in [0.25, 0.3) is 6.43 Å². The summed E-state index contributed by atoms with van der Waals surface area (Å²) < 4.78 is 24.7. The van der Waals surface area contributed by atoms with Gasteiger partial charge in [0.2, 0.25) is 5.95 Å². The molecule has 4 nitrogen and oxygen atoms in total. The molecule has 2 fully saturated rings. The van der Waals surface area contributed by atoms with Crippen LogP contribution in [0.4, 0.5) is 14.7 Å². The van der Waals surface area contributed by atoms with Gasteiger partial charge in [0.1, 0.15) is 0 Å². The Bertz CT molecular complexity index is 392. The van der Waals surface area contributed by atoms with E-state index < -0.39 is 6.43 Å². The highest BCUT2D eigenvalue weighted by Crippen LogP contribution is 2.23. The lowest BCUT2D eigenvalue weighted by molar-refractivity contribution is 0.150. The van der Waals surface area contributed by atoms with Gasteiger partial charge in [-0.15, -0.1) is 24.8 Å². The van der Waals surface area contributed by atoms with Crippen molar-refractivity contribution in [3.05, 3.63) is 18.0 Å². The van der Waals surface area contributed by atoms with Crippen molar-refractivity contribution in [2.45, 2.75) is 31.4 Å². The molecule has 3 heterocycles. The Hall–Kier alpha value is -0.720. The summed E-state index contributed by atoms with van der Waals surface area (Å²) in [5, 5.41) is 3.50. The zero-order valence-electron chi connectivity index (χ0n) is 10.1. The SMILES string of the molecule is Cl.Cl.FC(F)c1cnc(N2CC3CCC(C2)N3)nc1. The number of hydrogen-bond donors (Lipinski definition) is 1. The van der Waals surface area contributed by atoms with E-state index in [2.05, 4.69) is 20.2 Å². The molecule has 2 unspecified atom stereocenters. The molecular weight excluding hydrogens is 297 g/mol. The predicted octanol–water partition coefficient (Wildman–Crippen LogP) is 2.20. The monoisotopic (exact) mass is 312 g/mol. The van der Waals surface area contributed by atoms with E-state index in [-0.39, 0.29) is 30.4 Å². The van der Waals surface area contributed by atoms with Crippen molar-refractivity contribution in [3.8, 4) is 0 Å². The van der Waals surface area contributed by atoms with E-state index in [1.165, 1.54) is 25.2 Å². The zero-order chi connectivity index (χ0) is 11.8. The first-order valence-corrected chi connectivity index (χ1v) is 5.83. The minimum absolute atomic E-state index is 0. The van der Waals surface area contributed by atoms with E-state index in [9.17, 15) is 8.78 Å². The van der Waals surface area contributed by atoms with Gasteiger partial charge in [-0.05, 0) is 12.8 Å². The molecule has 3 rings (SSSR count). The lowest BCUT2D eigenvalue weighted by Crippen LogP contribution is -2.51. The molecule has 19 heavy (non-hydrogen) atoms. The quantitative estimate of drug-likeness (QED) is 0.909. The zero-order valence-corrected chi connectivity index (χ0v) is 11.8. The number of rotatable bonds is 2. The number of anilines is 1. The van der Waals surface area contributed by atoms with Gasteiger partial charge in [-0.1, -0.05) is 0 Å². The first kappa shape index (κ1) is 16.3. The van der Waals surface area contributed by atoms with Gasteiger partial charge in [-0.2, -0.15) is 0 Å². The lowest BCUT2D eigenvalue weighted by atomic mass is 10.2. The van der Waals surface area contributed by atoms with Crippen molar-refractivity contribution in [3.63, 3.8) is 0 Å². The molecule has 0 saturated carbocycles. The summed E-state index contributed by atoms with van der Waals surface area (Å²) in [6.45, 7) is 1.73. The van der Waals surface area contributed by atoms with Crippen molar-refractivity contribution in [1.82, 2.24) is 15.3 Å². The molecule has 1 N–H and O–H groups in total. The number of nitrogens with one attached hydrogen (secondary N) is 1. The third-order valence-corrected chi connectivity index (χ3v) is 3.41. The first-order valence-electron chi connectivity index (χ1n) is 5.83. The van der Waals surface area contributed by atoms with Gasteiger partial charge in [-0.3, -0.25) is 0 Å². The number of piperazine rings is 1. The fraction of sp³-hybridized carbons (Fsp3) is 0.636. The second kappa shape index (κ2) is 6.63. The highest BCUT2D eigenvalue weighted by Gasteiger charge is 2.33. The average molecular weight is 313 g/mol. The van der Waals surface area contributed by atoms with Crippen LogP contribution in [0.15, 0.2) is 12.4 Å². The van der Waals surface area contributed by atoms with Crippen molar-refractivity contribution in [2.24, 2.45) is 0 Å². The summed E-state index contributed by atoms with van der Waals surface area (Å²) in [4.78, 5) is 10.1. The summed E-state index contributed by atoms with van der Waals surface area (Å²) in [7, 11) is 0. The van der Waals surface area contributed by atoms with Crippen molar-refractivity contribution >= 4 is 30.8 Å². The molecule has 1 aromatic rings. The Morgan fingerprint density at radius 1 is 1.11 bits per heavy atom. The third kappa shape index (κ3) is 3.43. The van der Waals surface area contributed by atoms with Gasteiger partial charge < -0.3 is 10.2 Å². The van der Waals surface area contributed by atoms with Crippen LogP contribution in [0.25, 0.3) is 0 Å². The molecule has 2 aliphatic heterocycles. The van der Waals surface area contributed by atoms with Crippen molar-refractivity contribution in [2.75, 3.05) is 18.0 Å². The number of fused-ring (bicyclic) bond motifs is 2. The van der Waals surface area contributed by atoms with E-state index >= 15 is 0 Å². The van der Waals surface area contributed by atoms with E-state index in [1.54, 1.807) is 0 Å². The van der Waals surface area contributed by atoms with Gasteiger partial charge in [0, 0.05) is 37.6 Å². The molecule has 0 amide bonds. The topological polar surface area (TPSA) is 41.1 Å². The summed E-state index contributed by atoms with van der Waals surface area (Å²) in [6.07, 6.45) is 2.30. The second-order valence-corrected chi connectivity index (χ2v) is 4.66. The van der Waals surface area contributed by atoms with E-state index in [1.807, 2.05) is 0 Å². The van der Waals surface area contributed by atoms with Gasteiger partial charge >= 0.3 is 0 Å². The molecular formula is C11H16Cl2F2N4. The third-order valence-electron chi connectivity index (χ3n) is 3.41. The van der Waals surface area contributed by atoms with Crippen LogP contribution in [0.2, 0.25) is 0 Å². The minimum atomic E-state index is -2.50. The Morgan fingerprint density at radius 3 is 2.11 bits per heavy atom. The Balaban J connectivity index is 0.000000902. The maximum Gasteiger partial charge on any atom is 0.266 e. The number of halogens is 4. The van der Waals surface area contributed by atoms with Crippen LogP contribution < -0.4 is 10.2 Å². The Labute approximate surface area is 122 Å². The van der Waals surface area contributed by atoms with Crippen molar-refractivity contribution < 1.29 is 8.78 Å². The molecule has 1 aromatic heterocycles. The maximum absolute atomic E-state index is 12.4. The lowest BCUT2D eigenvalue weighted by Gasteiger charge is -2.32.